The number of aromatic nitrogens is 3. The second-order valence-electron chi connectivity index (χ2n) is 11.4. The normalized spacial score (nSPS) is 15.7. The maximum Gasteiger partial charge on any atom is 0.251 e. The highest BCUT2D eigenvalue weighted by Crippen LogP contribution is 2.47. The lowest BCUT2D eigenvalue weighted by Gasteiger charge is -2.33. The second kappa shape index (κ2) is 12.3. The van der Waals surface area contributed by atoms with Gasteiger partial charge in [0.1, 0.15) is 35.4 Å². The van der Waals surface area contributed by atoms with Gasteiger partial charge in [0.25, 0.3) is 5.91 Å². The fraction of sp³-hybridized carbons (Fsp3) is 0.257. The number of carbonyl (C=O) groups excluding carboxylic acids is 2. The SMILES string of the molecule is C=CC(=O)N1CCn2nc(-c3nc(-c4ccc5c(c4)C(=O)NCC5)c4ccsc4c3-c3c(F)cc(F)cc3OCCOC)cc2C1C. The van der Waals surface area contributed by atoms with Gasteiger partial charge >= 0.3 is 0 Å². The maximum absolute atomic E-state index is 16.1. The maximum atomic E-state index is 16.1. The van der Waals surface area contributed by atoms with Gasteiger partial charge in [-0.1, -0.05) is 18.7 Å². The van der Waals surface area contributed by atoms with Crippen molar-refractivity contribution >= 4 is 33.2 Å². The van der Waals surface area contributed by atoms with Crippen LogP contribution in [-0.4, -0.2) is 64.9 Å². The molecule has 0 saturated heterocycles. The van der Waals surface area contributed by atoms with Crippen molar-refractivity contribution in [1.82, 2.24) is 25.0 Å². The Kier molecular flexibility index (Phi) is 8.06. The molecule has 9 nitrogen and oxygen atoms in total. The van der Waals surface area contributed by atoms with E-state index in [-0.39, 0.29) is 42.4 Å². The summed E-state index contributed by atoms with van der Waals surface area (Å²) in [5.41, 5.74) is 4.89. The van der Waals surface area contributed by atoms with Crippen molar-refractivity contribution in [2.45, 2.75) is 25.9 Å². The zero-order valence-corrected chi connectivity index (χ0v) is 26.6. The Balaban J connectivity index is 1.49. The molecule has 0 bridgehead atoms. The van der Waals surface area contributed by atoms with E-state index in [9.17, 15) is 14.0 Å². The number of methoxy groups -OCH3 is 1. The van der Waals surface area contributed by atoms with E-state index in [2.05, 4.69) is 11.9 Å². The number of halogens is 2. The molecule has 5 aromatic rings. The molecule has 2 aromatic carbocycles. The molecule has 0 radical (unpaired) electrons. The van der Waals surface area contributed by atoms with Crippen molar-refractivity contribution in [3.05, 3.63) is 89.0 Å². The molecule has 3 aromatic heterocycles. The van der Waals surface area contributed by atoms with Gasteiger partial charge in [0.15, 0.2) is 0 Å². The summed E-state index contributed by atoms with van der Waals surface area (Å²) in [6.07, 6.45) is 2.02. The van der Waals surface area contributed by atoms with E-state index in [1.807, 2.05) is 47.3 Å². The summed E-state index contributed by atoms with van der Waals surface area (Å²) in [4.78, 5) is 32.3. The largest absolute Gasteiger partial charge is 0.490 e. The first-order valence-electron chi connectivity index (χ1n) is 15.2. The molecule has 0 fully saturated rings. The van der Waals surface area contributed by atoms with Crippen LogP contribution in [0.1, 0.15) is 34.6 Å². The van der Waals surface area contributed by atoms with E-state index in [1.165, 1.54) is 24.5 Å². The molecule has 1 unspecified atom stereocenters. The predicted molar refractivity (Wildman–Crippen MR) is 175 cm³/mol. The monoisotopic (exact) mass is 655 g/mol. The van der Waals surface area contributed by atoms with Crippen molar-refractivity contribution in [3.63, 3.8) is 0 Å². The van der Waals surface area contributed by atoms with Gasteiger partial charge < -0.3 is 19.7 Å². The lowest BCUT2D eigenvalue weighted by molar-refractivity contribution is -0.129. The number of hydrogen-bond donors (Lipinski definition) is 1. The molecule has 2 aliphatic heterocycles. The van der Waals surface area contributed by atoms with Crippen LogP contribution in [0.15, 0.2) is 60.5 Å². The van der Waals surface area contributed by atoms with Crippen LogP contribution < -0.4 is 10.1 Å². The molecule has 0 saturated carbocycles. The third-order valence-corrected chi connectivity index (χ3v) is 9.62. The van der Waals surface area contributed by atoms with E-state index in [4.69, 9.17) is 19.6 Å². The van der Waals surface area contributed by atoms with Crippen molar-refractivity contribution < 1.29 is 27.8 Å². The molecule has 12 heteroatoms. The van der Waals surface area contributed by atoms with Crippen LogP contribution in [0.5, 0.6) is 5.75 Å². The van der Waals surface area contributed by atoms with Gasteiger partial charge in [-0.25, -0.2) is 13.8 Å². The van der Waals surface area contributed by atoms with Crippen LogP contribution in [-0.2, 0) is 22.5 Å². The van der Waals surface area contributed by atoms with Crippen LogP contribution in [0.3, 0.4) is 0 Å². The number of ether oxygens (including phenoxy) is 2. The number of nitrogens with one attached hydrogen (secondary N) is 1. The average molecular weight is 656 g/mol. The smallest absolute Gasteiger partial charge is 0.251 e. The number of hydrogen-bond acceptors (Lipinski definition) is 7. The molecule has 47 heavy (non-hydrogen) atoms. The van der Waals surface area contributed by atoms with E-state index >= 15 is 4.39 Å². The standard InChI is InChI=1S/C35H31F2N5O4S/c1-4-29(43)41-10-11-42-27(19(41)2)18-26(40-42)33-31(30-25(37)16-22(36)17-28(30)46-13-12-45-3)34-23(8-14-47-34)32(39-33)21-6-5-20-7-9-38-35(44)24(20)15-21/h4-6,8,14-19H,1,7,9-13H2,2-3H3,(H,38,44). The minimum Gasteiger partial charge on any atom is -0.490 e. The number of thiophene rings is 1. The summed E-state index contributed by atoms with van der Waals surface area (Å²) in [6.45, 7) is 7.30. The molecule has 1 atom stereocenters. The molecule has 7 rings (SSSR count). The minimum absolute atomic E-state index is 0.00981. The summed E-state index contributed by atoms with van der Waals surface area (Å²) in [5, 5.41) is 10.4. The van der Waals surface area contributed by atoms with Crippen molar-refractivity contribution in [1.29, 1.82) is 0 Å². The summed E-state index contributed by atoms with van der Waals surface area (Å²) < 4.78 is 44.2. The van der Waals surface area contributed by atoms with Crippen molar-refractivity contribution in [2.24, 2.45) is 0 Å². The molecule has 2 aliphatic rings. The first-order valence-corrected chi connectivity index (χ1v) is 16.1. The molecular weight excluding hydrogens is 624 g/mol. The van der Waals surface area contributed by atoms with E-state index < -0.39 is 11.6 Å². The fourth-order valence-electron chi connectivity index (χ4n) is 6.40. The van der Waals surface area contributed by atoms with Gasteiger partial charge in [-0.15, -0.1) is 11.3 Å². The summed E-state index contributed by atoms with van der Waals surface area (Å²) in [6, 6.07) is 11.2. The van der Waals surface area contributed by atoms with Crippen LogP contribution >= 0.6 is 11.3 Å². The van der Waals surface area contributed by atoms with Crippen LogP contribution in [0, 0.1) is 11.6 Å². The lowest BCUT2D eigenvalue weighted by Crippen LogP contribution is -2.40. The summed E-state index contributed by atoms with van der Waals surface area (Å²) >= 11 is 1.39. The Hall–Kier alpha value is -4.94. The molecule has 240 valence electrons. The van der Waals surface area contributed by atoms with E-state index in [0.717, 1.165) is 35.2 Å². The molecule has 0 spiro atoms. The number of rotatable bonds is 8. The first kappa shape index (κ1) is 30.7. The zero-order valence-electron chi connectivity index (χ0n) is 25.8. The molecule has 0 aliphatic carbocycles. The quantitative estimate of drug-likeness (QED) is 0.159. The van der Waals surface area contributed by atoms with Gasteiger partial charge in [-0.3, -0.25) is 14.3 Å². The number of nitrogens with zero attached hydrogens (tertiary/aromatic N) is 4. The highest BCUT2D eigenvalue weighted by Gasteiger charge is 2.31. The molecule has 1 N–H and O–H groups in total. The van der Waals surface area contributed by atoms with Crippen LogP contribution in [0.25, 0.3) is 43.9 Å². The molecule has 2 amide bonds. The Labute approximate surface area is 273 Å². The molecule has 5 heterocycles. The Morgan fingerprint density at radius 1 is 1.13 bits per heavy atom. The zero-order chi connectivity index (χ0) is 32.8. The third-order valence-electron chi connectivity index (χ3n) is 8.69. The molecular formula is C35H31F2N5O4S. The Morgan fingerprint density at radius 2 is 1.98 bits per heavy atom. The summed E-state index contributed by atoms with van der Waals surface area (Å²) in [7, 11) is 1.52. The average Bonchev–Trinajstić information content (AvgIpc) is 3.73. The van der Waals surface area contributed by atoms with E-state index in [0.29, 0.717) is 58.1 Å². The Bertz CT molecular complexity index is 2070. The van der Waals surface area contributed by atoms with Gasteiger partial charge in [0.2, 0.25) is 5.91 Å². The third kappa shape index (κ3) is 5.36. The minimum atomic E-state index is -0.812. The number of carbonyl (C=O) groups is 2. The number of amides is 2. The highest BCUT2D eigenvalue weighted by molar-refractivity contribution is 7.18. The summed E-state index contributed by atoms with van der Waals surface area (Å²) in [5.74, 6) is -1.91. The van der Waals surface area contributed by atoms with E-state index in [1.54, 1.807) is 4.90 Å². The highest BCUT2D eigenvalue weighted by atomic mass is 32.1. The number of benzene rings is 2. The first-order chi connectivity index (χ1) is 22.8. The van der Waals surface area contributed by atoms with Gasteiger partial charge in [0, 0.05) is 59.1 Å². The van der Waals surface area contributed by atoms with Gasteiger partial charge in [0.05, 0.1) is 36.1 Å². The van der Waals surface area contributed by atoms with Crippen molar-refractivity contribution in [2.75, 3.05) is 33.4 Å². The second-order valence-corrected chi connectivity index (χ2v) is 12.3. The van der Waals surface area contributed by atoms with Crippen LogP contribution in [0.2, 0.25) is 0 Å². The fourth-order valence-corrected chi connectivity index (χ4v) is 7.35. The van der Waals surface area contributed by atoms with Crippen LogP contribution in [0.4, 0.5) is 8.78 Å². The predicted octanol–water partition coefficient (Wildman–Crippen LogP) is 6.17. The van der Waals surface area contributed by atoms with Gasteiger partial charge in [-0.2, -0.15) is 5.10 Å². The Morgan fingerprint density at radius 3 is 2.79 bits per heavy atom. The number of fused-ring (bicyclic) bond motifs is 3. The topological polar surface area (TPSA) is 98.6 Å². The van der Waals surface area contributed by atoms with Crippen molar-refractivity contribution in [3.8, 4) is 39.5 Å². The lowest BCUT2D eigenvalue weighted by atomic mass is 9.93. The van der Waals surface area contributed by atoms with Gasteiger partial charge in [-0.05, 0) is 48.6 Å². The number of pyridine rings is 1.